The molecule has 1 heterocycles. The molecule has 0 unspecified atom stereocenters. The summed E-state index contributed by atoms with van der Waals surface area (Å²) in [6.45, 7) is 3.99. The molecule has 0 fully saturated rings. The van der Waals surface area contributed by atoms with Crippen LogP contribution < -0.4 is 4.74 Å². The van der Waals surface area contributed by atoms with Crippen molar-refractivity contribution in [2.24, 2.45) is 0 Å². The number of rotatable bonds is 6. The lowest BCUT2D eigenvalue weighted by Crippen LogP contribution is -2.07. The SMILES string of the molecule is CCOc1ccccc1COC(=O)c1cc(C(C)=O)c[nH]1. The van der Waals surface area contributed by atoms with E-state index < -0.39 is 5.97 Å². The van der Waals surface area contributed by atoms with Crippen LogP contribution in [0.1, 0.15) is 40.3 Å². The summed E-state index contributed by atoms with van der Waals surface area (Å²) in [6.07, 6.45) is 1.49. The van der Waals surface area contributed by atoms with Crippen molar-refractivity contribution in [3.05, 3.63) is 53.3 Å². The first-order valence-corrected chi connectivity index (χ1v) is 6.69. The molecule has 0 aliphatic carbocycles. The Morgan fingerprint density at radius 3 is 2.67 bits per heavy atom. The first-order chi connectivity index (χ1) is 10.1. The van der Waals surface area contributed by atoms with Crippen LogP contribution in [0.15, 0.2) is 36.5 Å². The van der Waals surface area contributed by atoms with Crippen LogP contribution in [0.5, 0.6) is 5.75 Å². The fourth-order valence-electron chi connectivity index (χ4n) is 1.86. The molecule has 0 radical (unpaired) electrons. The Hall–Kier alpha value is -2.56. The Morgan fingerprint density at radius 1 is 1.24 bits per heavy atom. The summed E-state index contributed by atoms with van der Waals surface area (Å²) in [5.74, 6) is 0.0875. The zero-order valence-corrected chi connectivity index (χ0v) is 12.0. The highest BCUT2D eigenvalue weighted by Gasteiger charge is 2.13. The van der Waals surface area contributed by atoms with E-state index in [-0.39, 0.29) is 18.1 Å². The molecule has 5 nitrogen and oxygen atoms in total. The molecule has 1 aromatic carbocycles. The van der Waals surface area contributed by atoms with E-state index in [0.717, 1.165) is 5.56 Å². The summed E-state index contributed by atoms with van der Waals surface area (Å²) in [4.78, 5) is 25.8. The van der Waals surface area contributed by atoms with Crippen molar-refractivity contribution in [2.75, 3.05) is 6.61 Å². The van der Waals surface area contributed by atoms with Gasteiger partial charge in [0, 0.05) is 17.3 Å². The zero-order chi connectivity index (χ0) is 15.2. The van der Waals surface area contributed by atoms with Crippen LogP contribution in [0.4, 0.5) is 0 Å². The molecule has 110 valence electrons. The van der Waals surface area contributed by atoms with Crippen LogP contribution in [-0.2, 0) is 11.3 Å². The van der Waals surface area contributed by atoms with Crippen LogP contribution in [0, 0.1) is 0 Å². The molecule has 0 saturated heterocycles. The molecule has 0 atom stereocenters. The maximum Gasteiger partial charge on any atom is 0.355 e. The lowest BCUT2D eigenvalue weighted by atomic mass is 10.2. The maximum atomic E-state index is 11.9. The lowest BCUT2D eigenvalue weighted by molar-refractivity contribution is 0.0463. The number of carbonyl (C=O) groups excluding carboxylic acids is 2. The number of carbonyl (C=O) groups is 2. The number of Topliss-reactive ketones (excluding diaryl/α,β-unsaturated/α-hetero) is 1. The van der Waals surface area contributed by atoms with Crippen molar-refractivity contribution in [1.29, 1.82) is 0 Å². The number of para-hydroxylation sites is 1. The van der Waals surface area contributed by atoms with Crippen molar-refractivity contribution >= 4 is 11.8 Å². The Morgan fingerprint density at radius 2 is 2.00 bits per heavy atom. The van der Waals surface area contributed by atoms with Gasteiger partial charge < -0.3 is 14.5 Å². The van der Waals surface area contributed by atoms with Gasteiger partial charge in [0.05, 0.1) is 6.61 Å². The predicted molar refractivity (Wildman–Crippen MR) is 77.5 cm³/mol. The number of hydrogen-bond donors (Lipinski definition) is 1. The predicted octanol–water partition coefficient (Wildman–Crippen LogP) is 2.97. The third kappa shape index (κ3) is 3.72. The van der Waals surface area contributed by atoms with E-state index in [4.69, 9.17) is 9.47 Å². The molecule has 0 saturated carbocycles. The quantitative estimate of drug-likeness (QED) is 0.655. The van der Waals surface area contributed by atoms with E-state index in [1.54, 1.807) is 0 Å². The van der Waals surface area contributed by atoms with Gasteiger partial charge in [-0.1, -0.05) is 18.2 Å². The smallest absolute Gasteiger partial charge is 0.355 e. The summed E-state index contributed by atoms with van der Waals surface area (Å²) in [7, 11) is 0. The van der Waals surface area contributed by atoms with E-state index >= 15 is 0 Å². The second kappa shape index (κ2) is 6.74. The lowest BCUT2D eigenvalue weighted by Gasteiger charge is -2.10. The average molecular weight is 287 g/mol. The number of H-pyrrole nitrogens is 1. The summed E-state index contributed by atoms with van der Waals surface area (Å²) < 4.78 is 10.7. The van der Waals surface area contributed by atoms with Gasteiger partial charge in [-0.25, -0.2) is 4.79 Å². The Balaban J connectivity index is 2.02. The van der Waals surface area contributed by atoms with Gasteiger partial charge in [0.15, 0.2) is 5.78 Å². The number of hydrogen-bond acceptors (Lipinski definition) is 4. The van der Waals surface area contributed by atoms with Gasteiger partial charge in [-0.15, -0.1) is 0 Å². The maximum absolute atomic E-state index is 11.9. The molecule has 0 aliphatic heterocycles. The summed E-state index contributed by atoms with van der Waals surface area (Å²) in [5, 5.41) is 0. The van der Waals surface area contributed by atoms with Gasteiger partial charge in [-0.2, -0.15) is 0 Å². The third-order valence-electron chi connectivity index (χ3n) is 2.94. The second-order valence-electron chi connectivity index (χ2n) is 4.48. The van der Waals surface area contributed by atoms with E-state index in [1.165, 1.54) is 19.2 Å². The highest BCUT2D eigenvalue weighted by molar-refractivity contribution is 5.97. The molecule has 2 rings (SSSR count). The van der Waals surface area contributed by atoms with Gasteiger partial charge in [-0.3, -0.25) is 4.79 Å². The highest BCUT2D eigenvalue weighted by Crippen LogP contribution is 2.19. The number of ether oxygens (including phenoxy) is 2. The fraction of sp³-hybridized carbons (Fsp3) is 0.250. The van der Waals surface area contributed by atoms with Crippen LogP contribution in [0.3, 0.4) is 0 Å². The number of esters is 1. The fourth-order valence-corrected chi connectivity index (χ4v) is 1.86. The Bertz CT molecular complexity index is 645. The van der Waals surface area contributed by atoms with E-state index in [9.17, 15) is 9.59 Å². The topological polar surface area (TPSA) is 68.4 Å². The van der Waals surface area contributed by atoms with Gasteiger partial charge in [0.25, 0.3) is 0 Å². The van der Waals surface area contributed by atoms with Crippen molar-refractivity contribution < 1.29 is 19.1 Å². The normalized spacial score (nSPS) is 10.2. The molecule has 0 amide bonds. The van der Waals surface area contributed by atoms with Crippen molar-refractivity contribution in [1.82, 2.24) is 4.98 Å². The largest absolute Gasteiger partial charge is 0.493 e. The molecular formula is C16H17NO4. The number of nitrogens with one attached hydrogen (secondary N) is 1. The number of ketones is 1. The van der Waals surface area contributed by atoms with Crippen LogP contribution in [-0.4, -0.2) is 23.3 Å². The van der Waals surface area contributed by atoms with Gasteiger partial charge in [-0.05, 0) is 26.0 Å². The molecular weight excluding hydrogens is 270 g/mol. The molecule has 0 spiro atoms. The summed E-state index contributed by atoms with van der Waals surface area (Å²) >= 11 is 0. The third-order valence-corrected chi connectivity index (χ3v) is 2.94. The van der Waals surface area contributed by atoms with Gasteiger partial charge >= 0.3 is 5.97 Å². The minimum Gasteiger partial charge on any atom is -0.493 e. The van der Waals surface area contributed by atoms with E-state index in [1.807, 2.05) is 31.2 Å². The second-order valence-corrected chi connectivity index (χ2v) is 4.48. The van der Waals surface area contributed by atoms with Crippen LogP contribution in [0.2, 0.25) is 0 Å². The first kappa shape index (κ1) is 14.8. The highest BCUT2D eigenvalue weighted by atomic mass is 16.5. The first-order valence-electron chi connectivity index (χ1n) is 6.69. The van der Waals surface area contributed by atoms with Gasteiger partial charge in [0.2, 0.25) is 0 Å². The van der Waals surface area contributed by atoms with Crippen molar-refractivity contribution in [3.63, 3.8) is 0 Å². The standard InChI is InChI=1S/C16H17NO4/c1-3-20-15-7-5-4-6-12(15)10-21-16(19)14-8-13(9-17-14)11(2)18/h4-9,17H,3,10H2,1-2H3. The monoisotopic (exact) mass is 287 g/mol. The Labute approximate surface area is 122 Å². The van der Waals surface area contributed by atoms with E-state index in [2.05, 4.69) is 4.98 Å². The molecule has 0 aliphatic rings. The molecule has 0 bridgehead atoms. The van der Waals surface area contributed by atoms with Gasteiger partial charge in [0.1, 0.15) is 18.1 Å². The minimum atomic E-state index is -0.506. The number of aromatic nitrogens is 1. The minimum absolute atomic E-state index is 0.105. The van der Waals surface area contributed by atoms with E-state index in [0.29, 0.717) is 17.9 Å². The molecule has 21 heavy (non-hydrogen) atoms. The molecule has 5 heteroatoms. The summed E-state index contributed by atoms with van der Waals surface area (Å²) in [5.41, 5.74) is 1.51. The molecule has 1 aromatic heterocycles. The van der Waals surface area contributed by atoms with Crippen LogP contribution in [0.25, 0.3) is 0 Å². The number of benzene rings is 1. The average Bonchev–Trinajstić information content (AvgIpc) is 2.96. The number of aromatic amines is 1. The summed E-state index contributed by atoms with van der Waals surface area (Å²) in [6, 6.07) is 8.87. The van der Waals surface area contributed by atoms with Crippen molar-refractivity contribution in [3.8, 4) is 5.75 Å². The molecule has 2 aromatic rings. The van der Waals surface area contributed by atoms with Crippen LogP contribution >= 0.6 is 0 Å². The Kier molecular flexibility index (Phi) is 4.77. The molecule has 1 N–H and O–H groups in total. The zero-order valence-electron chi connectivity index (χ0n) is 12.0. The van der Waals surface area contributed by atoms with Crippen molar-refractivity contribution in [2.45, 2.75) is 20.5 Å².